The zero-order chi connectivity index (χ0) is 13.2. The maximum absolute atomic E-state index is 10.1. The minimum Gasteiger partial charge on any atom is -0.505 e. The molecule has 2 aromatic carbocycles. The van der Waals surface area contributed by atoms with Gasteiger partial charge >= 0.3 is 0 Å². The van der Waals surface area contributed by atoms with Gasteiger partial charge in [-0.1, -0.05) is 30.3 Å². The standard InChI is InChI=1S/C14H10BrN3O/c15-12-6-11(10-4-2-1-3-5-10)7-13(14(12)19)18-8-16-17-9-18/h1-9,19H. The molecule has 0 aliphatic carbocycles. The van der Waals surface area contributed by atoms with Gasteiger partial charge in [0.2, 0.25) is 0 Å². The van der Waals surface area contributed by atoms with Crippen LogP contribution in [-0.2, 0) is 0 Å². The van der Waals surface area contributed by atoms with Crippen molar-refractivity contribution in [2.45, 2.75) is 0 Å². The minimum atomic E-state index is 0.166. The van der Waals surface area contributed by atoms with Gasteiger partial charge in [-0.15, -0.1) is 10.2 Å². The lowest BCUT2D eigenvalue weighted by Gasteiger charge is -2.10. The Kier molecular flexibility index (Phi) is 3.05. The summed E-state index contributed by atoms with van der Waals surface area (Å²) in [6.45, 7) is 0. The first-order valence-electron chi connectivity index (χ1n) is 5.68. The summed E-state index contributed by atoms with van der Waals surface area (Å²) < 4.78 is 2.31. The first-order valence-corrected chi connectivity index (χ1v) is 6.48. The molecule has 1 N–H and O–H groups in total. The molecule has 19 heavy (non-hydrogen) atoms. The van der Waals surface area contributed by atoms with Gasteiger partial charge in [0.1, 0.15) is 12.7 Å². The molecule has 94 valence electrons. The van der Waals surface area contributed by atoms with Crippen LogP contribution in [-0.4, -0.2) is 19.9 Å². The van der Waals surface area contributed by atoms with Crippen molar-refractivity contribution < 1.29 is 5.11 Å². The van der Waals surface area contributed by atoms with E-state index in [-0.39, 0.29) is 5.75 Å². The van der Waals surface area contributed by atoms with Crippen molar-refractivity contribution in [1.29, 1.82) is 0 Å². The second kappa shape index (κ2) is 4.85. The van der Waals surface area contributed by atoms with E-state index in [0.717, 1.165) is 11.1 Å². The lowest BCUT2D eigenvalue weighted by Crippen LogP contribution is -1.93. The predicted octanol–water partition coefficient (Wildman–Crippen LogP) is 3.40. The number of rotatable bonds is 2. The van der Waals surface area contributed by atoms with Crippen molar-refractivity contribution in [2.75, 3.05) is 0 Å². The fourth-order valence-electron chi connectivity index (χ4n) is 1.90. The number of phenols is 1. The Hall–Kier alpha value is -2.14. The van der Waals surface area contributed by atoms with E-state index in [1.807, 2.05) is 42.5 Å². The van der Waals surface area contributed by atoms with Crippen LogP contribution in [0.5, 0.6) is 5.75 Å². The number of hydrogen-bond acceptors (Lipinski definition) is 3. The molecule has 0 bridgehead atoms. The monoisotopic (exact) mass is 315 g/mol. The van der Waals surface area contributed by atoms with E-state index in [2.05, 4.69) is 26.1 Å². The van der Waals surface area contributed by atoms with Gasteiger partial charge in [-0.05, 0) is 39.2 Å². The van der Waals surface area contributed by atoms with Gasteiger partial charge in [0.15, 0.2) is 5.75 Å². The van der Waals surface area contributed by atoms with Crippen LogP contribution in [0.25, 0.3) is 16.8 Å². The van der Waals surface area contributed by atoms with Crippen LogP contribution >= 0.6 is 15.9 Å². The van der Waals surface area contributed by atoms with E-state index in [1.165, 1.54) is 0 Å². The molecule has 3 rings (SSSR count). The SMILES string of the molecule is Oc1c(Br)cc(-c2ccccc2)cc1-n1cnnc1. The summed E-state index contributed by atoms with van der Waals surface area (Å²) in [5, 5.41) is 17.6. The second-order valence-corrected chi connectivity index (χ2v) is 4.92. The van der Waals surface area contributed by atoms with Crippen molar-refractivity contribution in [3.63, 3.8) is 0 Å². The molecule has 0 unspecified atom stereocenters. The highest BCUT2D eigenvalue weighted by atomic mass is 79.9. The Morgan fingerprint density at radius 2 is 1.63 bits per heavy atom. The summed E-state index contributed by atoms with van der Waals surface area (Å²) in [4.78, 5) is 0. The molecule has 0 saturated heterocycles. The maximum atomic E-state index is 10.1. The fourth-order valence-corrected chi connectivity index (χ4v) is 2.35. The van der Waals surface area contributed by atoms with Crippen LogP contribution in [0.1, 0.15) is 0 Å². The summed E-state index contributed by atoms with van der Waals surface area (Å²) in [5.74, 6) is 0.166. The molecule has 3 aromatic rings. The van der Waals surface area contributed by atoms with E-state index >= 15 is 0 Å². The van der Waals surface area contributed by atoms with Gasteiger partial charge in [0.05, 0.1) is 10.2 Å². The number of nitrogens with zero attached hydrogens (tertiary/aromatic N) is 3. The molecule has 4 nitrogen and oxygen atoms in total. The van der Waals surface area contributed by atoms with Gasteiger partial charge in [-0.25, -0.2) is 0 Å². The zero-order valence-corrected chi connectivity index (χ0v) is 11.4. The number of hydrogen-bond donors (Lipinski definition) is 1. The zero-order valence-electron chi connectivity index (χ0n) is 9.86. The van der Waals surface area contributed by atoms with E-state index in [1.54, 1.807) is 17.2 Å². The summed E-state index contributed by atoms with van der Waals surface area (Å²) in [6.07, 6.45) is 3.10. The fraction of sp³-hybridized carbons (Fsp3) is 0. The first kappa shape index (κ1) is 11.9. The van der Waals surface area contributed by atoms with Gasteiger partial charge in [-0.2, -0.15) is 0 Å². The highest BCUT2D eigenvalue weighted by Gasteiger charge is 2.11. The van der Waals surface area contributed by atoms with Crippen LogP contribution in [0.4, 0.5) is 0 Å². The number of benzene rings is 2. The lowest BCUT2D eigenvalue weighted by molar-refractivity contribution is 0.469. The van der Waals surface area contributed by atoms with Crippen molar-refractivity contribution in [3.05, 3.63) is 59.6 Å². The van der Waals surface area contributed by atoms with Gasteiger partial charge in [0.25, 0.3) is 0 Å². The predicted molar refractivity (Wildman–Crippen MR) is 76.2 cm³/mol. The number of phenolic OH excluding ortho intramolecular Hbond substituents is 1. The van der Waals surface area contributed by atoms with Crippen LogP contribution < -0.4 is 0 Å². The third-order valence-corrected chi connectivity index (χ3v) is 3.45. The normalized spacial score (nSPS) is 10.6. The van der Waals surface area contributed by atoms with Crippen molar-refractivity contribution in [2.24, 2.45) is 0 Å². The Balaban J connectivity index is 2.19. The number of halogens is 1. The average molecular weight is 316 g/mol. The third kappa shape index (κ3) is 2.24. The topological polar surface area (TPSA) is 50.9 Å². The van der Waals surface area contributed by atoms with Crippen LogP contribution in [0, 0.1) is 0 Å². The largest absolute Gasteiger partial charge is 0.505 e. The average Bonchev–Trinajstić information content (AvgIpc) is 2.96. The third-order valence-electron chi connectivity index (χ3n) is 2.85. The molecule has 0 amide bonds. The second-order valence-electron chi connectivity index (χ2n) is 4.06. The highest BCUT2D eigenvalue weighted by molar-refractivity contribution is 9.10. The smallest absolute Gasteiger partial charge is 0.153 e. The summed E-state index contributed by atoms with van der Waals surface area (Å²) in [6, 6.07) is 13.8. The molecular formula is C14H10BrN3O. The molecule has 0 atom stereocenters. The maximum Gasteiger partial charge on any atom is 0.153 e. The van der Waals surface area contributed by atoms with E-state index in [4.69, 9.17) is 0 Å². The molecule has 0 spiro atoms. The highest BCUT2D eigenvalue weighted by Crippen LogP contribution is 2.35. The van der Waals surface area contributed by atoms with E-state index in [0.29, 0.717) is 10.2 Å². The quantitative estimate of drug-likeness (QED) is 0.788. The van der Waals surface area contributed by atoms with E-state index < -0.39 is 0 Å². The van der Waals surface area contributed by atoms with Crippen LogP contribution in [0.15, 0.2) is 59.6 Å². The molecule has 0 fully saturated rings. The molecule has 0 radical (unpaired) electrons. The van der Waals surface area contributed by atoms with Gasteiger partial charge in [-0.3, -0.25) is 4.57 Å². The Labute approximate surface area is 118 Å². The van der Waals surface area contributed by atoms with Gasteiger partial charge < -0.3 is 5.11 Å². The molecule has 1 aromatic heterocycles. The lowest BCUT2D eigenvalue weighted by atomic mass is 10.0. The molecule has 0 saturated carbocycles. The molecule has 0 aliphatic heterocycles. The van der Waals surface area contributed by atoms with Crippen LogP contribution in [0.2, 0.25) is 0 Å². The van der Waals surface area contributed by atoms with Crippen molar-refractivity contribution in [3.8, 4) is 22.6 Å². The Morgan fingerprint density at radius 3 is 2.32 bits per heavy atom. The molecule has 0 aliphatic rings. The summed E-state index contributed by atoms with van der Waals surface area (Å²) in [7, 11) is 0. The number of aromatic hydroxyl groups is 1. The van der Waals surface area contributed by atoms with Crippen LogP contribution in [0.3, 0.4) is 0 Å². The van der Waals surface area contributed by atoms with Gasteiger partial charge in [0, 0.05) is 0 Å². The number of aromatic nitrogens is 3. The first-order chi connectivity index (χ1) is 9.25. The molecule has 5 heteroatoms. The minimum absolute atomic E-state index is 0.166. The Morgan fingerprint density at radius 1 is 0.947 bits per heavy atom. The van der Waals surface area contributed by atoms with Crippen molar-refractivity contribution >= 4 is 15.9 Å². The summed E-state index contributed by atoms with van der Waals surface area (Å²) in [5.41, 5.74) is 2.73. The van der Waals surface area contributed by atoms with E-state index in [9.17, 15) is 5.11 Å². The Bertz CT molecular complexity index is 696. The van der Waals surface area contributed by atoms with Crippen molar-refractivity contribution in [1.82, 2.24) is 14.8 Å². The molecular weight excluding hydrogens is 306 g/mol. The molecule has 1 heterocycles. The summed E-state index contributed by atoms with van der Waals surface area (Å²) >= 11 is 3.38.